The largest absolute Gasteiger partial charge is 0.463 e. The van der Waals surface area contributed by atoms with Gasteiger partial charge in [0.2, 0.25) is 0 Å². The molecule has 33 heavy (non-hydrogen) atoms. The molecule has 1 aliphatic carbocycles. The first-order chi connectivity index (χ1) is 15.8. The van der Waals surface area contributed by atoms with Crippen LogP contribution in [-0.2, 0) is 33.3 Å². The van der Waals surface area contributed by atoms with E-state index in [2.05, 4.69) is 15.0 Å². The number of esters is 3. The van der Waals surface area contributed by atoms with Gasteiger partial charge < -0.3 is 18.9 Å². The molecule has 0 amide bonds. The van der Waals surface area contributed by atoms with Crippen molar-refractivity contribution >= 4 is 29.1 Å². The fraction of sp³-hybridized carbons (Fsp3) is 0.636. The maximum atomic E-state index is 11.9. The Hall–Kier alpha value is -3.08. The van der Waals surface area contributed by atoms with Crippen molar-refractivity contribution in [2.45, 2.75) is 83.3 Å². The Kier molecular flexibility index (Phi) is 6.87. The van der Waals surface area contributed by atoms with Gasteiger partial charge in [-0.25, -0.2) is 15.0 Å². The highest BCUT2D eigenvalue weighted by molar-refractivity contribution is 5.74. The third-order valence-corrected chi connectivity index (χ3v) is 5.99. The van der Waals surface area contributed by atoms with Gasteiger partial charge >= 0.3 is 17.9 Å². The number of carbonyl (C=O) groups is 3. The summed E-state index contributed by atoms with van der Waals surface area (Å²) in [5, 5.41) is 0. The van der Waals surface area contributed by atoms with E-state index >= 15 is 0 Å². The number of nitrogens with zero attached hydrogens (tertiary/aromatic N) is 4. The van der Waals surface area contributed by atoms with Gasteiger partial charge in [0.1, 0.15) is 24.6 Å². The van der Waals surface area contributed by atoms with E-state index in [1.54, 1.807) is 10.9 Å². The molecule has 1 aliphatic heterocycles. The van der Waals surface area contributed by atoms with E-state index in [1.807, 2.05) is 0 Å². The van der Waals surface area contributed by atoms with Crippen molar-refractivity contribution in [2.75, 3.05) is 6.61 Å². The minimum atomic E-state index is -0.988. The summed E-state index contributed by atoms with van der Waals surface area (Å²) in [4.78, 5) is 48.5. The van der Waals surface area contributed by atoms with Crippen molar-refractivity contribution in [1.29, 1.82) is 0 Å². The van der Waals surface area contributed by atoms with Gasteiger partial charge in [-0.1, -0.05) is 19.3 Å². The lowest BCUT2D eigenvalue weighted by atomic mass is 9.86. The molecule has 0 spiro atoms. The van der Waals surface area contributed by atoms with E-state index in [0.717, 1.165) is 31.4 Å². The van der Waals surface area contributed by atoms with E-state index in [4.69, 9.17) is 18.9 Å². The van der Waals surface area contributed by atoms with E-state index in [-0.39, 0.29) is 6.61 Å². The number of hydrogen-bond acceptors (Lipinski definition) is 10. The highest BCUT2D eigenvalue weighted by Crippen LogP contribution is 2.38. The van der Waals surface area contributed by atoms with Crippen molar-refractivity contribution < 1.29 is 33.3 Å². The molecule has 0 N–H and O–H groups in total. The van der Waals surface area contributed by atoms with Crippen molar-refractivity contribution in [3.05, 3.63) is 18.3 Å². The third kappa shape index (κ3) is 4.97. The Bertz CT molecular complexity index is 1030. The zero-order chi connectivity index (χ0) is 23.5. The topological polar surface area (TPSA) is 132 Å². The third-order valence-electron chi connectivity index (χ3n) is 5.99. The molecule has 11 nitrogen and oxygen atoms in total. The van der Waals surface area contributed by atoms with Gasteiger partial charge in [-0.15, -0.1) is 0 Å². The second-order valence-electron chi connectivity index (χ2n) is 8.43. The summed E-state index contributed by atoms with van der Waals surface area (Å²) in [7, 11) is 0. The van der Waals surface area contributed by atoms with Crippen LogP contribution < -0.4 is 0 Å². The molecule has 0 aromatic carbocycles. The van der Waals surface area contributed by atoms with Crippen molar-refractivity contribution in [3.63, 3.8) is 0 Å². The number of hydrogen-bond donors (Lipinski definition) is 0. The number of rotatable bonds is 6. The molecule has 178 valence electrons. The summed E-state index contributed by atoms with van der Waals surface area (Å²) in [6.45, 7) is 3.61. The predicted octanol–water partition coefficient (Wildman–Crippen LogP) is 2.20. The first kappa shape index (κ1) is 23.1. The molecule has 1 unspecified atom stereocenters. The zero-order valence-electron chi connectivity index (χ0n) is 18.9. The maximum Gasteiger partial charge on any atom is 0.303 e. The highest BCUT2D eigenvalue weighted by atomic mass is 16.7. The average Bonchev–Trinajstić information content (AvgIpc) is 3.34. The molecule has 0 radical (unpaired) electrons. The SMILES string of the molecule is CC(=O)OC[C@@H]1OC(n2cnc3c(C4CCCCC4)ncnc32)[C@@H](OC(C)=O)[C@@H]1OC(C)=O. The van der Waals surface area contributed by atoms with E-state index in [0.29, 0.717) is 17.1 Å². The lowest BCUT2D eigenvalue weighted by molar-refractivity contribution is -0.166. The Labute approximate surface area is 190 Å². The molecule has 2 aliphatic rings. The van der Waals surface area contributed by atoms with Gasteiger partial charge in [-0.2, -0.15) is 0 Å². The monoisotopic (exact) mass is 460 g/mol. The molecule has 2 aromatic heterocycles. The number of ether oxygens (including phenoxy) is 4. The number of fused-ring (bicyclic) bond motifs is 1. The molecular formula is C22H28N4O7. The van der Waals surface area contributed by atoms with Crippen LogP contribution in [-0.4, -0.2) is 62.3 Å². The molecule has 2 aromatic rings. The molecule has 4 rings (SSSR count). The van der Waals surface area contributed by atoms with Crippen molar-refractivity contribution in [2.24, 2.45) is 0 Å². The molecule has 4 atom stereocenters. The Balaban J connectivity index is 1.71. The van der Waals surface area contributed by atoms with Gasteiger partial charge in [0.05, 0.1) is 12.0 Å². The summed E-state index contributed by atoms with van der Waals surface area (Å²) in [5.74, 6) is -1.34. The normalized spacial score (nSPS) is 25.7. The number of carbonyl (C=O) groups excluding carboxylic acids is 3. The first-order valence-corrected chi connectivity index (χ1v) is 11.2. The van der Waals surface area contributed by atoms with Crippen molar-refractivity contribution in [3.8, 4) is 0 Å². The van der Waals surface area contributed by atoms with Crippen LogP contribution in [0.15, 0.2) is 12.7 Å². The van der Waals surface area contributed by atoms with Crippen LogP contribution in [0.1, 0.15) is 70.7 Å². The maximum absolute atomic E-state index is 11.9. The van der Waals surface area contributed by atoms with Gasteiger partial charge in [0.25, 0.3) is 0 Å². The lowest BCUT2D eigenvalue weighted by Crippen LogP contribution is -2.40. The summed E-state index contributed by atoms with van der Waals surface area (Å²) < 4.78 is 23.8. The lowest BCUT2D eigenvalue weighted by Gasteiger charge is -2.24. The minimum absolute atomic E-state index is 0.170. The zero-order valence-corrected chi connectivity index (χ0v) is 18.9. The van der Waals surface area contributed by atoms with Gasteiger partial charge in [-0.3, -0.25) is 19.0 Å². The fourth-order valence-electron chi connectivity index (χ4n) is 4.65. The van der Waals surface area contributed by atoms with Gasteiger partial charge in [0, 0.05) is 26.7 Å². The Morgan fingerprint density at radius 2 is 1.67 bits per heavy atom. The first-order valence-electron chi connectivity index (χ1n) is 11.2. The molecule has 2 fully saturated rings. The summed E-state index contributed by atoms with van der Waals surface area (Å²) >= 11 is 0. The van der Waals surface area contributed by atoms with Crippen LogP contribution in [0.25, 0.3) is 11.2 Å². The van der Waals surface area contributed by atoms with E-state index < -0.39 is 42.4 Å². The molecule has 1 saturated carbocycles. The van der Waals surface area contributed by atoms with E-state index in [1.165, 1.54) is 33.5 Å². The summed E-state index contributed by atoms with van der Waals surface area (Å²) in [5.41, 5.74) is 2.10. The van der Waals surface area contributed by atoms with Crippen molar-refractivity contribution in [1.82, 2.24) is 19.5 Å². The van der Waals surface area contributed by atoms with Gasteiger partial charge in [-0.05, 0) is 12.8 Å². The molecular weight excluding hydrogens is 432 g/mol. The second kappa shape index (κ2) is 9.82. The molecule has 3 heterocycles. The number of aromatic nitrogens is 4. The molecule has 11 heteroatoms. The standard InChI is InChI=1S/C22H28N4O7/c1-12(27)30-9-16-19(31-13(2)28)20(32-14(3)29)22(33-16)26-11-25-18-17(23-10-24-21(18)26)15-7-5-4-6-8-15/h10-11,15-16,19-20,22H,4-9H2,1-3H3/t16-,19+,20-,22?/m0/s1. The molecule has 0 bridgehead atoms. The summed E-state index contributed by atoms with van der Waals surface area (Å²) in [6, 6.07) is 0. The van der Waals surface area contributed by atoms with Gasteiger partial charge in [0.15, 0.2) is 24.1 Å². The van der Waals surface area contributed by atoms with Crippen LogP contribution >= 0.6 is 0 Å². The van der Waals surface area contributed by atoms with E-state index in [9.17, 15) is 14.4 Å². The van der Waals surface area contributed by atoms with Crippen LogP contribution in [0.4, 0.5) is 0 Å². The smallest absolute Gasteiger partial charge is 0.303 e. The predicted molar refractivity (Wildman–Crippen MR) is 113 cm³/mol. The fourth-order valence-corrected chi connectivity index (χ4v) is 4.65. The van der Waals surface area contributed by atoms with Crippen LogP contribution in [0.3, 0.4) is 0 Å². The summed E-state index contributed by atoms with van der Waals surface area (Å²) in [6.07, 6.45) is 4.99. The van der Waals surface area contributed by atoms with Crippen LogP contribution in [0.5, 0.6) is 0 Å². The Morgan fingerprint density at radius 3 is 2.33 bits per heavy atom. The molecule has 1 saturated heterocycles. The Morgan fingerprint density at radius 1 is 0.970 bits per heavy atom. The highest BCUT2D eigenvalue weighted by Gasteiger charge is 2.51. The van der Waals surface area contributed by atoms with Crippen LogP contribution in [0.2, 0.25) is 0 Å². The second-order valence-corrected chi connectivity index (χ2v) is 8.43. The average molecular weight is 460 g/mol. The van der Waals surface area contributed by atoms with Crippen LogP contribution in [0, 0.1) is 0 Å². The number of imidazole rings is 1. The minimum Gasteiger partial charge on any atom is -0.463 e. The quantitative estimate of drug-likeness (QED) is 0.467.